The van der Waals surface area contributed by atoms with Gasteiger partial charge in [-0.1, -0.05) is 6.07 Å². The Bertz CT molecular complexity index is 1160. The van der Waals surface area contributed by atoms with Gasteiger partial charge >= 0.3 is 0 Å². The molecule has 1 aliphatic heterocycles. The number of hydrogen-bond acceptors (Lipinski definition) is 6. The number of fused-ring (bicyclic) bond motifs is 1. The molecule has 29 heavy (non-hydrogen) atoms. The molecule has 0 aliphatic carbocycles. The van der Waals surface area contributed by atoms with Crippen molar-refractivity contribution in [2.75, 3.05) is 36.4 Å². The van der Waals surface area contributed by atoms with Crippen LogP contribution >= 0.6 is 11.3 Å². The van der Waals surface area contributed by atoms with E-state index < -0.39 is 0 Å². The molecule has 1 aromatic carbocycles. The van der Waals surface area contributed by atoms with Crippen LogP contribution in [0.4, 0.5) is 11.4 Å². The van der Waals surface area contributed by atoms with Gasteiger partial charge in [0.15, 0.2) is 0 Å². The zero-order valence-electron chi connectivity index (χ0n) is 15.7. The van der Waals surface area contributed by atoms with Crippen LogP contribution in [-0.2, 0) is 0 Å². The zero-order chi connectivity index (χ0) is 19.6. The maximum Gasteiger partial charge on any atom is 0.265 e. The van der Waals surface area contributed by atoms with Gasteiger partial charge in [0.25, 0.3) is 5.91 Å². The first-order valence-corrected chi connectivity index (χ1v) is 10.3. The van der Waals surface area contributed by atoms with Crippen LogP contribution < -0.4 is 15.5 Å². The lowest BCUT2D eigenvalue weighted by atomic mass is 10.1. The minimum Gasteiger partial charge on any atom is -0.367 e. The topological polar surface area (TPSA) is 85.9 Å². The number of pyridine rings is 1. The van der Waals surface area contributed by atoms with Crippen LogP contribution in [0.25, 0.3) is 21.3 Å². The van der Waals surface area contributed by atoms with E-state index in [0.29, 0.717) is 4.88 Å². The van der Waals surface area contributed by atoms with Gasteiger partial charge in [-0.25, -0.2) is 0 Å². The van der Waals surface area contributed by atoms with E-state index in [1.54, 1.807) is 18.6 Å². The number of rotatable bonds is 4. The third-order valence-electron chi connectivity index (χ3n) is 5.06. The van der Waals surface area contributed by atoms with Gasteiger partial charge in [-0.2, -0.15) is 5.10 Å². The highest BCUT2D eigenvalue weighted by Gasteiger charge is 2.17. The average Bonchev–Trinajstić information content (AvgIpc) is 3.44. The Morgan fingerprint density at radius 2 is 2.00 bits per heavy atom. The molecule has 7 nitrogen and oxygen atoms in total. The number of carbonyl (C=O) groups excluding carboxylic acids is 1. The highest BCUT2D eigenvalue weighted by molar-refractivity contribution is 7.17. The quantitative estimate of drug-likeness (QED) is 0.486. The Labute approximate surface area is 171 Å². The Balaban J connectivity index is 1.37. The number of nitrogens with zero attached hydrogens (tertiary/aromatic N) is 3. The summed E-state index contributed by atoms with van der Waals surface area (Å²) in [6.07, 6.45) is 5.29. The van der Waals surface area contributed by atoms with Gasteiger partial charge in [0.05, 0.1) is 34.2 Å². The van der Waals surface area contributed by atoms with Gasteiger partial charge in [-0.15, -0.1) is 11.3 Å². The monoisotopic (exact) mass is 404 g/mol. The smallest absolute Gasteiger partial charge is 0.265 e. The van der Waals surface area contributed by atoms with Crippen molar-refractivity contribution in [1.29, 1.82) is 0 Å². The first kappa shape index (κ1) is 17.8. The van der Waals surface area contributed by atoms with Crippen LogP contribution in [0.1, 0.15) is 9.67 Å². The Morgan fingerprint density at radius 1 is 1.10 bits per heavy atom. The lowest BCUT2D eigenvalue weighted by molar-refractivity contribution is 0.103. The molecule has 1 amide bonds. The standard InChI is InChI=1S/C21H20N6OS/c28-21(25-17-13-23-6-5-18(17)27-9-7-22-8-10-27)20-4-3-19(29-20)14-1-2-16-15(11-14)12-24-26-16/h1-6,11-13,22H,7-10H2,(H,24,26)(H,25,28). The van der Waals surface area contributed by atoms with Crippen molar-refractivity contribution in [1.82, 2.24) is 20.5 Å². The predicted molar refractivity (Wildman–Crippen MR) is 117 cm³/mol. The normalized spacial score (nSPS) is 14.3. The fraction of sp³-hybridized carbons (Fsp3) is 0.190. The van der Waals surface area contributed by atoms with E-state index in [1.165, 1.54) is 11.3 Å². The van der Waals surface area contributed by atoms with Crippen molar-refractivity contribution in [3.05, 3.63) is 59.9 Å². The van der Waals surface area contributed by atoms with Crippen LogP contribution in [0.2, 0.25) is 0 Å². The molecule has 0 spiro atoms. The summed E-state index contributed by atoms with van der Waals surface area (Å²) in [5, 5.41) is 14.5. The average molecular weight is 404 g/mol. The molecule has 0 radical (unpaired) electrons. The molecular weight excluding hydrogens is 384 g/mol. The van der Waals surface area contributed by atoms with E-state index in [9.17, 15) is 4.79 Å². The first-order chi connectivity index (χ1) is 14.3. The number of piperazine rings is 1. The van der Waals surface area contributed by atoms with Crippen molar-refractivity contribution in [2.24, 2.45) is 0 Å². The SMILES string of the molecule is O=C(Nc1cnccc1N1CCNCC1)c1ccc(-c2ccc3[nH]ncc3c2)s1. The molecular formula is C21H20N6OS. The van der Waals surface area contributed by atoms with E-state index in [0.717, 1.165) is 58.9 Å². The number of hydrogen-bond donors (Lipinski definition) is 3. The fourth-order valence-electron chi connectivity index (χ4n) is 3.56. The zero-order valence-corrected chi connectivity index (χ0v) is 16.5. The van der Waals surface area contributed by atoms with Gasteiger partial charge in [-0.05, 0) is 35.9 Å². The summed E-state index contributed by atoms with van der Waals surface area (Å²) in [5.74, 6) is -0.116. The van der Waals surface area contributed by atoms with Crippen molar-refractivity contribution < 1.29 is 4.79 Å². The summed E-state index contributed by atoms with van der Waals surface area (Å²) in [6.45, 7) is 3.69. The molecule has 3 aromatic heterocycles. The molecule has 0 unspecified atom stereocenters. The third kappa shape index (κ3) is 3.59. The number of H-pyrrole nitrogens is 1. The minimum atomic E-state index is -0.116. The maximum absolute atomic E-state index is 12.9. The van der Waals surface area contributed by atoms with Crippen LogP contribution in [0.15, 0.2) is 55.0 Å². The molecule has 5 rings (SSSR count). The Kier molecular flexibility index (Phi) is 4.71. The lowest BCUT2D eigenvalue weighted by Gasteiger charge is -2.30. The van der Waals surface area contributed by atoms with E-state index in [1.807, 2.05) is 30.3 Å². The second kappa shape index (κ2) is 7.65. The number of amides is 1. The maximum atomic E-state index is 12.9. The number of aromatic nitrogens is 3. The minimum absolute atomic E-state index is 0.116. The van der Waals surface area contributed by atoms with Crippen LogP contribution in [-0.4, -0.2) is 47.3 Å². The number of anilines is 2. The summed E-state index contributed by atoms with van der Waals surface area (Å²) < 4.78 is 0. The summed E-state index contributed by atoms with van der Waals surface area (Å²) >= 11 is 1.48. The number of carbonyl (C=O) groups is 1. The van der Waals surface area contributed by atoms with E-state index >= 15 is 0 Å². The van der Waals surface area contributed by atoms with Crippen LogP contribution in [0.5, 0.6) is 0 Å². The van der Waals surface area contributed by atoms with Gasteiger partial charge in [-0.3, -0.25) is 14.9 Å². The molecule has 146 valence electrons. The van der Waals surface area contributed by atoms with E-state index in [2.05, 4.69) is 36.8 Å². The van der Waals surface area contributed by atoms with Crippen molar-refractivity contribution >= 4 is 39.5 Å². The van der Waals surface area contributed by atoms with Crippen LogP contribution in [0.3, 0.4) is 0 Å². The molecule has 0 atom stereocenters. The predicted octanol–water partition coefficient (Wildman–Crippen LogP) is 3.35. The fourth-order valence-corrected chi connectivity index (χ4v) is 4.46. The molecule has 0 bridgehead atoms. The second-order valence-electron chi connectivity index (χ2n) is 6.92. The van der Waals surface area contributed by atoms with E-state index in [4.69, 9.17) is 0 Å². The molecule has 1 aliphatic rings. The molecule has 4 heterocycles. The van der Waals surface area contributed by atoms with E-state index in [-0.39, 0.29) is 5.91 Å². The van der Waals surface area contributed by atoms with Gasteiger partial charge in [0.2, 0.25) is 0 Å². The molecule has 8 heteroatoms. The van der Waals surface area contributed by atoms with Crippen molar-refractivity contribution in [3.63, 3.8) is 0 Å². The second-order valence-corrected chi connectivity index (χ2v) is 8.00. The molecule has 4 aromatic rings. The summed E-state index contributed by atoms with van der Waals surface area (Å²) in [4.78, 5) is 21.1. The summed E-state index contributed by atoms with van der Waals surface area (Å²) in [7, 11) is 0. The molecule has 1 fully saturated rings. The largest absolute Gasteiger partial charge is 0.367 e. The summed E-state index contributed by atoms with van der Waals surface area (Å²) in [6, 6.07) is 11.9. The highest BCUT2D eigenvalue weighted by atomic mass is 32.1. The first-order valence-electron chi connectivity index (χ1n) is 9.52. The Hall–Kier alpha value is -3.23. The molecule has 1 saturated heterocycles. The van der Waals surface area contributed by atoms with Crippen molar-refractivity contribution in [2.45, 2.75) is 0 Å². The number of aromatic amines is 1. The van der Waals surface area contributed by atoms with Gasteiger partial charge in [0.1, 0.15) is 0 Å². The van der Waals surface area contributed by atoms with Crippen molar-refractivity contribution in [3.8, 4) is 10.4 Å². The Morgan fingerprint density at radius 3 is 2.90 bits per heavy atom. The number of benzene rings is 1. The lowest BCUT2D eigenvalue weighted by Crippen LogP contribution is -2.43. The number of thiophene rings is 1. The number of nitrogens with one attached hydrogen (secondary N) is 3. The highest BCUT2D eigenvalue weighted by Crippen LogP contribution is 2.31. The third-order valence-corrected chi connectivity index (χ3v) is 6.19. The molecule has 0 saturated carbocycles. The van der Waals surface area contributed by atoms with Gasteiger partial charge < -0.3 is 15.5 Å². The summed E-state index contributed by atoms with van der Waals surface area (Å²) in [5.41, 5.74) is 3.83. The van der Waals surface area contributed by atoms with Crippen LogP contribution in [0, 0.1) is 0 Å². The van der Waals surface area contributed by atoms with Gasteiger partial charge in [0, 0.05) is 42.6 Å². The molecule has 3 N–H and O–H groups in total.